The summed E-state index contributed by atoms with van der Waals surface area (Å²) < 4.78 is 68.9. The van der Waals surface area contributed by atoms with E-state index in [0.29, 0.717) is 25.7 Å². The van der Waals surface area contributed by atoms with Gasteiger partial charge in [0.1, 0.15) is 19.3 Å². The molecule has 17 nitrogen and oxygen atoms in total. The molecule has 0 bridgehead atoms. The van der Waals surface area contributed by atoms with Crippen molar-refractivity contribution in [3.63, 3.8) is 0 Å². The molecule has 0 aromatic carbocycles. The minimum atomic E-state index is -4.97. The fourth-order valence-corrected chi connectivity index (χ4v) is 15.1. The van der Waals surface area contributed by atoms with Gasteiger partial charge in [0.05, 0.1) is 26.4 Å². The molecule has 0 aromatic heterocycles. The molecule has 0 spiro atoms. The van der Waals surface area contributed by atoms with Crippen LogP contribution in [0.5, 0.6) is 0 Å². The van der Waals surface area contributed by atoms with Crippen LogP contribution in [-0.2, 0) is 65.4 Å². The van der Waals surface area contributed by atoms with Crippen LogP contribution in [0.15, 0.2) is 0 Å². The number of carbonyl (C=O) groups is 4. The Labute approximate surface area is 645 Å². The lowest BCUT2D eigenvalue weighted by Gasteiger charge is -2.21. The summed E-state index contributed by atoms with van der Waals surface area (Å²) in [7, 11) is -9.93. The zero-order valence-corrected chi connectivity index (χ0v) is 70.7. The van der Waals surface area contributed by atoms with Crippen LogP contribution in [0.2, 0.25) is 0 Å². The van der Waals surface area contributed by atoms with Crippen molar-refractivity contribution in [2.45, 2.75) is 483 Å². The van der Waals surface area contributed by atoms with E-state index < -0.39 is 97.5 Å². The van der Waals surface area contributed by atoms with Gasteiger partial charge >= 0.3 is 39.5 Å². The summed E-state index contributed by atoms with van der Waals surface area (Å²) in [4.78, 5) is 73.2. The minimum absolute atomic E-state index is 0.107. The van der Waals surface area contributed by atoms with Crippen molar-refractivity contribution in [2.75, 3.05) is 39.6 Å². The number of aliphatic hydroxyl groups excluding tert-OH is 1. The van der Waals surface area contributed by atoms with E-state index in [1.807, 2.05) is 0 Å². The molecule has 5 atom stereocenters. The average molecular weight is 1540 g/mol. The Hall–Kier alpha value is -1.94. The number of carbonyl (C=O) groups excluding carboxylic acids is 4. The van der Waals surface area contributed by atoms with Gasteiger partial charge < -0.3 is 33.8 Å². The summed E-state index contributed by atoms with van der Waals surface area (Å²) in [6, 6.07) is 0. The quantitative estimate of drug-likeness (QED) is 0.0222. The topological polar surface area (TPSA) is 237 Å². The van der Waals surface area contributed by atoms with Crippen molar-refractivity contribution in [3.05, 3.63) is 0 Å². The molecule has 3 N–H and O–H groups in total. The summed E-state index contributed by atoms with van der Waals surface area (Å²) in [5.74, 6) is -1.35. The number of phosphoric ester groups is 2. The zero-order valence-electron chi connectivity index (χ0n) is 68.9. The second-order valence-electron chi connectivity index (χ2n) is 31.4. The highest BCUT2D eigenvalue weighted by atomic mass is 31.2. The van der Waals surface area contributed by atoms with Gasteiger partial charge in [-0.3, -0.25) is 37.3 Å². The van der Waals surface area contributed by atoms with Gasteiger partial charge in [-0.1, -0.05) is 413 Å². The van der Waals surface area contributed by atoms with E-state index in [1.165, 1.54) is 289 Å². The molecule has 624 valence electrons. The van der Waals surface area contributed by atoms with E-state index in [2.05, 4.69) is 34.6 Å². The molecular formula is C86H168O17P2. The standard InChI is InChI=1S/C86H168O17P2/c1-6-9-12-15-18-21-24-27-29-31-33-34-35-37-39-42-45-51-56-61-66-71-85(90)102-81(75-97-84(89)70-65-60-55-50-44-41-38-36-32-30-28-25-22-19-16-13-10-7-2)77-100-104(92,93)98-73-80(87)74-99-105(94,95)101-78-82(103-86(91)72-67-62-57-52-47-46-48-53-58-63-68-79(4)5)76-96-83(88)69-64-59-54-49-43-40-26-23-20-17-14-11-8-3/h79-82,87H,6-78H2,1-5H3,(H,92,93)(H,94,95)/t80-,81-,82-/m1/s1. The third-order valence-corrected chi connectivity index (χ3v) is 22.2. The van der Waals surface area contributed by atoms with Crippen molar-refractivity contribution in [1.82, 2.24) is 0 Å². The molecule has 0 amide bonds. The minimum Gasteiger partial charge on any atom is -0.462 e. The van der Waals surface area contributed by atoms with Gasteiger partial charge in [-0.25, -0.2) is 9.13 Å². The summed E-state index contributed by atoms with van der Waals surface area (Å²) in [6.07, 6.45) is 72.2. The number of aliphatic hydroxyl groups is 1. The number of esters is 4. The predicted octanol–water partition coefficient (Wildman–Crippen LogP) is 26.4. The van der Waals surface area contributed by atoms with Crippen LogP contribution >= 0.6 is 15.6 Å². The molecule has 0 aliphatic heterocycles. The first-order valence-corrected chi connectivity index (χ1v) is 47.6. The third-order valence-electron chi connectivity index (χ3n) is 20.3. The first kappa shape index (κ1) is 103. The lowest BCUT2D eigenvalue weighted by Crippen LogP contribution is -2.30. The Bertz CT molecular complexity index is 2000. The first-order chi connectivity index (χ1) is 51.0. The molecule has 0 aliphatic carbocycles. The van der Waals surface area contributed by atoms with E-state index in [-0.39, 0.29) is 25.7 Å². The predicted molar refractivity (Wildman–Crippen MR) is 432 cm³/mol. The van der Waals surface area contributed by atoms with Crippen LogP contribution in [0.3, 0.4) is 0 Å². The molecule has 19 heteroatoms. The lowest BCUT2D eigenvalue weighted by molar-refractivity contribution is -0.161. The molecule has 2 unspecified atom stereocenters. The number of phosphoric acid groups is 2. The maximum Gasteiger partial charge on any atom is 0.472 e. The van der Waals surface area contributed by atoms with E-state index in [1.54, 1.807) is 0 Å². The Morgan fingerprint density at radius 2 is 0.438 bits per heavy atom. The number of rotatable bonds is 86. The fraction of sp³-hybridized carbons (Fsp3) is 0.953. The van der Waals surface area contributed by atoms with Crippen molar-refractivity contribution < 1.29 is 80.2 Å². The second-order valence-corrected chi connectivity index (χ2v) is 34.3. The summed E-state index contributed by atoms with van der Waals surface area (Å²) in [5.41, 5.74) is 0. The van der Waals surface area contributed by atoms with Crippen LogP contribution in [0, 0.1) is 5.92 Å². The molecule has 0 aromatic rings. The highest BCUT2D eigenvalue weighted by Gasteiger charge is 2.30. The third kappa shape index (κ3) is 79.9. The van der Waals surface area contributed by atoms with Crippen LogP contribution in [0.25, 0.3) is 0 Å². The van der Waals surface area contributed by atoms with Gasteiger partial charge in [0.15, 0.2) is 12.2 Å². The van der Waals surface area contributed by atoms with Crippen molar-refractivity contribution in [3.8, 4) is 0 Å². The highest BCUT2D eigenvalue weighted by molar-refractivity contribution is 7.47. The smallest absolute Gasteiger partial charge is 0.462 e. The zero-order chi connectivity index (χ0) is 76.9. The molecular weight excluding hydrogens is 1370 g/mol. The SMILES string of the molecule is CCCCCCCCCCCCCCCCCCCCCCCC(=O)O[C@H](COC(=O)CCCCCCCCCCCCCCCCCCCC)COP(=O)(O)OC[C@@H](O)COP(=O)(O)OC[C@@H](COC(=O)CCCCCCCCCCCCCCC)OC(=O)CCCCCCCCCCCCC(C)C. The summed E-state index contributed by atoms with van der Waals surface area (Å²) in [5, 5.41) is 10.7. The Kier molecular flexibility index (Phi) is 77.3. The summed E-state index contributed by atoms with van der Waals surface area (Å²) >= 11 is 0. The molecule has 0 saturated carbocycles. The van der Waals surface area contributed by atoms with Crippen LogP contribution in [0.1, 0.15) is 465 Å². The second kappa shape index (κ2) is 78.7. The van der Waals surface area contributed by atoms with Crippen LogP contribution in [0.4, 0.5) is 0 Å². The van der Waals surface area contributed by atoms with Crippen molar-refractivity contribution in [2.24, 2.45) is 5.92 Å². The largest absolute Gasteiger partial charge is 0.472 e. The molecule has 0 radical (unpaired) electrons. The number of hydrogen-bond acceptors (Lipinski definition) is 15. The van der Waals surface area contributed by atoms with E-state index in [4.69, 9.17) is 37.0 Å². The van der Waals surface area contributed by atoms with Gasteiger partial charge in [0, 0.05) is 25.7 Å². The maximum absolute atomic E-state index is 13.1. The van der Waals surface area contributed by atoms with E-state index in [9.17, 15) is 43.2 Å². The Morgan fingerprint density at radius 3 is 0.648 bits per heavy atom. The Balaban J connectivity index is 5.24. The van der Waals surface area contributed by atoms with Gasteiger partial charge in [-0.15, -0.1) is 0 Å². The lowest BCUT2D eigenvalue weighted by atomic mass is 10.0. The van der Waals surface area contributed by atoms with Gasteiger partial charge in [0.2, 0.25) is 0 Å². The Morgan fingerprint density at radius 1 is 0.257 bits per heavy atom. The van der Waals surface area contributed by atoms with Crippen LogP contribution < -0.4 is 0 Å². The van der Waals surface area contributed by atoms with E-state index >= 15 is 0 Å². The molecule has 0 rings (SSSR count). The first-order valence-electron chi connectivity index (χ1n) is 44.6. The highest BCUT2D eigenvalue weighted by Crippen LogP contribution is 2.45. The molecule has 0 fully saturated rings. The molecule has 0 aliphatic rings. The average Bonchev–Trinajstić information content (AvgIpc) is 0.908. The number of hydrogen-bond donors (Lipinski definition) is 3. The fourth-order valence-electron chi connectivity index (χ4n) is 13.5. The molecule has 105 heavy (non-hydrogen) atoms. The molecule has 0 saturated heterocycles. The normalized spacial score (nSPS) is 13.8. The van der Waals surface area contributed by atoms with Crippen molar-refractivity contribution >= 4 is 39.5 Å². The molecule has 0 heterocycles. The van der Waals surface area contributed by atoms with Gasteiger partial charge in [0.25, 0.3) is 0 Å². The monoisotopic (exact) mass is 1540 g/mol. The van der Waals surface area contributed by atoms with E-state index in [0.717, 1.165) is 95.8 Å². The van der Waals surface area contributed by atoms with Gasteiger partial charge in [-0.2, -0.15) is 0 Å². The van der Waals surface area contributed by atoms with Crippen LogP contribution in [-0.4, -0.2) is 96.7 Å². The van der Waals surface area contributed by atoms with Crippen molar-refractivity contribution in [1.29, 1.82) is 0 Å². The summed E-state index contributed by atoms with van der Waals surface area (Å²) in [6.45, 7) is 7.36. The van der Waals surface area contributed by atoms with Gasteiger partial charge in [-0.05, 0) is 31.6 Å². The number of unbranched alkanes of at least 4 members (excludes halogenated alkanes) is 58. The maximum atomic E-state index is 13.1. The number of ether oxygens (including phenoxy) is 4.